The Morgan fingerprint density at radius 2 is 1.81 bits per heavy atom. The minimum absolute atomic E-state index is 0.189. The maximum absolute atomic E-state index is 14.4. The Bertz CT molecular complexity index is 623. The van der Waals surface area contributed by atoms with Crippen LogP contribution in [0.3, 0.4) is 0 Å². The van der Waals surface area contributed by atoms with Gasteiger partial charge in [-0.05, 0) is 41.8 Å². The van der Waals surface area contributed by atoms with Crippen molar-refractivity contribution in [2.24, 2.45) is 0 Å². The van der Waals surface area contributed by atoms with Gasteiger partial charge in [-0.1, -0.05) is 32.0 Å². The smallest absolute Gasteiger partial charge is 0.131 e. The van der Waals surface area contributed by atoms with E-state index in [0.29, 0.717) is 18.2 Å². The van der Waals surface area contributed by atoms with Crippen molar-refractivity contribution in [1.82, 2.24) is 5.32 Å². The average Bonchev–Trinajstić information content (AvgIpc) is 2.45. The summed E-state index contributed by atoms with van der Waals surface area (Å²) in [6.07, 6.45) is 0. The maximum Gasteiger partial charge on any atom is 0.131 e. The molecule has 2 aromatic rings. The van der Waals surface area contributed by atoms with Crippen molar-refractivity contribution in [1.29, 1.82) is 0 Å². The lowest BCUT2D eigenvalue weighted by atomic mass is 9.98. The Morgan fingerprint density at radius 3 is 2.38 bits per heavy atom. The summed E-state index contributed by atoms with van der Waals surface area (Å²) < 4.78 is 19.6. The predicted molar refractivity (Wildman–Crippen MR) is 85.1 cm³/mol. The average molecular weight is 287 g/mol. The Balaban J connectivity index is 2.28. The Labute approximate surface area is 126 Å². The first-order valence-corrected chi connectivity index (χ1v) is 7.18. The molecular formula is C18H22FNO. The van der Waals surface area contributed by atoms with Gasteiger partial charge in [0.15, 0.2) is 0 Å². The van der Waals surface area contributed by atoms with Crippen LogP contribution >= 0.6 is 0 Å². The number of rotatable bonds is 5. The van der Waals surface area contributed by atoms with Crippen LogP contribution in [0.1, 0.15) is 25.0 Å². The molecule has 0 aliphatic carbocycles. The number of halogens is 1. The lowest BCUT2D eigenvalue weighted by molar-refractivity contribution is 0.414. The highest BCUT2D eigenvalue weighted by molar-refractivity contribution is 5.69. The van der Waals surface area contributed by atoms with E-state index >= 15 is 0 Å². The van der Waals surface area contributed by atoms with Crippen molar-refractivity contribution >= 4 is 0 Å². The van der Waals surface area contributed by atoms with Gasteiger partial charge in [-0.25, -0.2) is 4.39 Å². The first-order valence-electron chi connectivity index (χ1n) is 7.18. The molecule has 2 nitrogen and oxygen atoms in total. The maximum atomic E-state index is 14.4. The zero-order valence-electron chi connectivity index (χ0n) is 13.0. The fourth-order valence-electron chi connectivity index (χ4n) is 2.27. The van der Waals surface area contributed by atoms with Crippen molar-refractivity contribution in [2.45, 2.75) is 33.4 Å². The number of ether oxygens (including phenoxy) is 1. The van der Waals surface area contributed by atoms with Gasteiger partial charge in [0.05, 0.1) is 7.11 Å². The zero-order valence-corrected chi connectivity index (χ0v) is 13.0. The van der Waals surface area contributed by atoms with Crippen molar-refractivity contribution in [3.8, 4) is 16.9 Å². The summed E-state index contributed by atoms with van der Waals surface area (Å²) in [5, 5.41) is 3.29. The van der Waals surface area contributed by atoms with Crippen LogP contribution in [0, 0.1) is 12.7 Å². The highest BCUT2D eigenvalue weighted by Gasteiger charge is 2.09. The minimum atomic E-state index is -0.189. The number of methoxy groups -OCH3 is 1. The van der Waals surface area contributed by atoms with Crippen LogP contribution in [-0.2, 0) is 6.54 Å². The second-order valence-electron chi connectivity index (χ2n) is 5.53. The fraction of sp³-hybridized carbons (Fsp3) is 0.333. The van der Waals surface area contributed by atoms with E-state index < -0.39 is 0 Å². The van der Waals surface area contributed by atoms with Gasteiger partial charge in [0, 0.05) is 18.2 Å². The van der Waals surface area contributed by atoms with E-state index in [4.69, 9.17) is 4.74 Å². The molecule has 0 saturated carbocycles. The number of benzene rings is 2. The molecule has 2 aromatic carbocycles. The molecule has 2 rings (SSSR count). The molecule has 1 N–H and O–H groups in total. The fourth-order valence-corrected chi connectivity index (χ4v) is 2.27. The number of hydrogen-bond donors (Lipinski definition) is 1. The van der Waals surface area contributed by atoms with Crippen LogP contribution in [0.15, 0.2) is 36.4 Å². The molecule has 0 unspecified atom stereocenters. The van der Waals surface area contributed by atoms with Crippen LogP contribution in [0.5, 0.6) is 5.75 Å². The summed E-state index contributed by atoms with van der Waals surface area (Å²) >= 11 is 0. The highest BCUT2D eigenvalue weighted by Crippen LogP contribution is 2.29. The largest absolute Gasteiger partial charge is 0.497 e. The lowest BCUT2D eigenvalue weighted by Gasteiger charge is -2.12. The van der Waals surface area contributed by atoms with Gasteiger partial charge < -0.3 is 10.1 Å². The van der Waals surface area contributed by atoms with E-state index in [1.54, 1.807) is 13.2 Å². The molecule has 112 valence electrons. The molecule has 0 aromatic heterocycles. The summed E-state index contributed by atoms with van der Waals surface area (Å²) in [6, 6.07) is 11.5. The molecule has 0 atom stereocenters. The van der Waals surface area contributed by atoms with E-state index in [-0.39, 0.29) is 5.82 Å². The first-order chi connectivity index (χ1) is 10.0. The quantitative estimate of drug-likeness (QED) is 0.885. The number of nitrogens with one attached hydrogen (secondary N) is 1. The lowest BCUT2D eigenvalue weighted by Crippen LogP contribution is -2.21. The molecule has 0 bridgehead atoms. The standard InChI is InChI=1S/C18H22FNO/c1-12(2)20-11-14-5-7-17(18(19)10-14)16-8-6-15(21-4)9-13(16)3/h5-10,12,20H,11H2,1-4H3. The molecule has 0 radical (unpaired) electrons. The minimum Gasteiger partial charge on any atom is -0.497 e. The Morgan fingerprint density at radius 1 is 1.10 bits per heavy atom. The third-order valence-electron chi connectivity index (χ3n) is 3.47. The normalized spacial score (nSPS) is 11.0. The van der Waals surface area contributed by atoms with Gasteiger partial charge in [-0.15, -0.1) is 0 Å². The zero-order chi connectivity index (χ0) is 15.4. The monoisotopic (exact) mass is 287 g/mol. The molecule has 21 heavy (non-hydrogen) atoms. The van der Waals surface area contributed by atoms with Crippen LogP contribution in [0.2, 0.25) is 0 Å². The number of hydrogen-bond acceptors (Lipinski definition) is 2. The van der Waals surface area contributed by atoms with Crippen molar-refractivity contribution in [2.75, 3.05) is 7.11 Å². The first kappa shape index (κ1) is 15.5. The third-order valence-corrected chi connectivity index (χ3v) is 3.47. The molecule has 3 heteroatoms. The third kappa shape index (κ3) is 3.82. The molecule has 0 spiro atoms. The van der Waals surface area contributed by atoms with Gasteiger partial charge >= 0.3 is 0 Å². The molecule has 0 aliphatic heterocycles. The van der Waals surface area contributed by atoms with Gasteiger partial charge in [0.25, 0.3) is 0 Å². The Kier molecular flexibility index (Phi) is 4.97. The predicted octanol–water partition coefficient (Wildman–Crippen LogP) is 4.31. The van der Waals surface area contributed by atoms with E-state index in [1.807, 2.05) is 37.3 Å². The second-order valence-corrected chi connectivity index (χ2v) is 5.53. The van der Waals surface area contributed by atoms with E-state index in [0.717, 1.165) is 22.4 Å². The van der Waals surface area contributed by atoms with Crippen LogP contribution in [0.25, 0.3) is 11.1 Å². The van der Waals surface area contributed by atoms with Crippen molar-refractivity contribution in [3.63, 3.8) is 0 Å². The topological polar surface area (TPSA) is 21.3 Å². The van der Waals surface area contributed by atoms with Gasteiger partial charge in [-0.2, -0.15) is 0 Å². The molecule has 0 aliphatic rings. The highest BCUT2D eigenvalue weighted by atomic mass is 19.1. The molecule has 0 fully saturated rings. The summed E-state index contributed by atoms with van der Waals surface area (Å²) in [7, 11) is 1.63. The Hall–Kier alpha value is -1.87. The van der Waals surface area contributed by atoms with Crippen molar-refractivity contribution < 1.29 is 9.13 Å². The van der Waals surface area contributed by atoms with Gasteiger partial charge in [0.2, 0.25) is 0 Å². The molecule has 0 saturated heterocycles. The second kappa shape index (κ2) is 6.72. The summed E-state index contributed by atoms with van der Waals surface area (Å²) in [5.41, 5.74) is 3.48. The van der Waals surface area contributed by atoms with Gasteiger partial charge in [0.1, 0.15) is 11.6 Å². The molecule has 0 heterocycles. The summed E-state index contributed by atoms with van der Waals surface area (Å²) in [6.45, 7) is 6.79. The SMILES string of the molecule is COc1ccc(-c2ccc(CNC(C)C)cc2F)c(C)c1. The van der Waals surface area contributed by atoms with Gasteiger partial charge in [-0.3, -0.25) is 0 Å². The number of aryl methyl sites for hydroxylation is 1. The van der Waals surface area contributed by atoms with Crippen molar-refractivity contribution in [3.05, 3.63) is 53.3 Å². The van der Waals surface area contributed by atoms with Crippen LogP contribution in [-0.4, -0.2) is 13.2 Å². The van der Waals surface area contributed by atoms with E-state index in [9.17, 15) is 4.39 Å². The van der Waals surface area contributed by atoms with Crippen LogP contribution < -0.4 is 10.1 Å². The van der Waals surface area contributed by atoms with E-state index in [1.165, 1.54) is 0 Å². The van der Waals surface area contributed by atoms with Crippen LogP contribution in [0.4, 0.5) is 4.39 Å². The molecule has 0 amide bonds. The van der Waals surface area contributed by atoms with E-state index in [2.05, 4.69) is 19.2 Å². The summed E-state index contributed by atoms with van der Waals surface area (Å²) in [5.74, 6) is 0.598. The molecular weight excluding hydrogens is 265 g/mol. The summed E-state index contributed by atoms with van der Waals surface area (Å²) in [4.78, 5) is 0.